The van der Waals surface area contributed by atoms with Crippen LogP contribution in [0, 0.1) is 0 Å². The maximum atomic E-state index is 2.50. The Morgan fingerprint density at radius 2 is 0.943 bits per heavy atom. The van der Waals surface area contributed by atoms with Gasteiger partial charge in [-0.05, 0) is 85.3 Å². The van der Waals surface area contributed by atoms with Crippen LogP contribution in [0.3, 0.4) is 0 Å². The van der Waals surface area contributed by atoms with Crippen LogP contribution in [-0.4, -0.2) is 0 Å². The van der Waals surface area contributed by atoms with Crippen LogP contribution < -0.4 is 4.90 Å². The Morgan fingerprint density at radius 1 is 0.358 bits per heavy atom. The molecule has 1 nitrogen and oxygen atoms in total. The lowest BCUT2D eigenvalue weighted by Crippen LogP contribution is -2.28. The van der Waals surface area contributed by atoms with Crippen LogP contribution in [0.1, 0.15) is 22.3 Å². The van der Waals surface area contributed by atoms with Gasteiger partial charge in [-0.3, -0.25) is 0 Å². The monoisotopic (exact) mass is 691 g/mol. The van der Waals surface area contributed by atoms with Crippen molar-refractivity contribution in [3.63, 3.8) is 0 Å². The Balaban J connectivity index is 1.22. The SMILES string of the molecule is c1ccc(C2(c3ccccc3)c3ccccc3-c3ccc(N(c4ccc5ccccc5c4)c4cccc5c4sc4c6ccccc6ccc54)cc32)cc1. The zero-order valence-corrected chi connectivity index (χ0v) is 29.7. The second-order valence-electron chi connectivity index (χ2n) is 14.0. The zero-order valence-electron chi connectivity index (χ0n) is 28.9. The Kier molecular flexibility index (Phi) is 6.71. The van der Waals surface area contributed by atoms with E-state index in [4.69, 9.17) is 0 Å². The summed E-state index contributed by atoms with van der Waals surface area (Å²) in [6, 6.07) is 74.1. The van der Waals surface area contributed by atoms with Crippen molar-refractivity contribution in [3.05, 3.63) is 222 Å². The number of nitrogens with zero attached hydrogens (tertiary/aromatic N) is 1. The average molecular weight is 692 g/mol. The molecular weight excluding hydrogens is 659 g/mol. The van der Waals surface area contributed by atoms with E-state index in [0.717, 1.165) is 11.4 Å². The van der Waals surface area contributed by atoms with Gasteiger partial charge in [-0.15, -0.1) is 11.3 Å². The Labute approximate surface area is 312 Å². The van der Waals surface area contributed by atoms with Gasteiger partial charge in [0.1, 0.15) is 0 Å². The van der Waals surface area contributed by atoms with Crippen LogP contribution in [0.15, 0.2) is 200 Å². The second kappa shape index (κ2) is 11.8. The normalized spacial score (nSPS) is 13.1. The standard InChI is InChI=1S/C51H33NS/c1-3-17-37(18-4-1)51(38-19-5-2-6-20-38)46-24-12-11-22-42(46)43-31-29-40(33-47(43)51)52(39-28-26-34-14-7-8-16-36(34)32-39)48-25-13-23-44-45-30-27-35-15-9-10-21-41(35)49(45)53-50(44)48/h1-33H. The summed E-state index contributed by atoms with van der Waals surface area (Å²) in [7, 11) is 0. The van der Waals surface area contributed by atoms with Gasteiger partial charge in [0.05, 0.1) is 15.8 Å². The maximum Gasteiger partial charge on any atom is 0.0714 e. The van der Waals surface area contributed by atoms with Gasteiger partial charge >= 0.3 is 0 Å². The van der Waals surface area contributed by atoms with Crippen molar-refractivity contribution in [2.45, 2.75) is 5.41 Å². The van der Waals surface area contributed by atoms with Gasteiger partial charge in [-0.1, -0.05) is 170 Å². The topological polar surface area (TPSA) is 3.24 Å². The van der Waals surface area contributed by atoms with Crippen molar-refractivity contribution < 1.29 is 0 Å². The number of anilines is 3. The van der Waals surface area contributed by atoms with E-state index in [1.54, 1.807) is 0 Å². The average Bonchev–Trinajstić information content (AvgIpc) is 3.76. The fraction of sp³-hybridized carbons (Fsp3) is 0.0196. The minimum atomic E-state index is -0.484. The quantitative estimate of drug-likeness (QED) is 0.174. The van der Waals surface area contributed by atoms with Crippen molar-refractivity contribution in [2.75, 3.05) is 4.90 Å². The predicted octanol–water partition coefficient (Wildman–Crippen LogP) is 14.2. The zero-order chi connectivity index (χ0) is 34.9. The molecule has 9 aromatic carbocycles. The highest BCUT2D eigenvalue weighted by Gasteiger charge is 2.46. The largest absolute Gasteiger partial charge is 0.309 e. The number of hydrogen-bond donors (Lipinski definition) is 0. The molecule has 0 aliphatic heterocycles. The lowest BCUT2D eigenvalue weighted by Gasteiger charge is -2.35. The van der Waals surface area contributed by atoms with E-state index in [9.17, 15) is 0 Å². The molecule has 2 heteroatoms. The highest BCUT2D eigenvalue weighted by Crippen LogP contribution is 2.57. The molecule has 1 aliphatic rings. The first-order valence-electron chi connectivity index (χ1n) is 18.3. The van der Waals surface area contributed by atoms with Gasteiger partial charge < -0.3 is 4.90 Å². The van der Waals surface area contributed by atoms with Gasteiger partial charge in [0.2, 0.25) is 0 Å². The second-order valence-corrected chi connectivity index (χ2v) is 15.1. The highest BCUT2D eigenvalue weighted by molar-refractivity contribution is 7.27. The minimum Gasteiger partial charge on any atom is -0.309 e. The van der Waals surface area contributed by atoms with Gasteiger partial charge in [-0.25, -0.2) is 0 Å². The molecule has 0 radical (unpaired) electrons. The molecule has 1 aliphatic carbocycles. The molecular formula is C51H33NS. The number of rotatable bonds is 5. The molecule has 0 fully saturated rings. The molecule has 0 bridgehead atoms. The molecule has 10 aromatic rings. The first-order chi connectivity index (χ1) is 26.3. The minimum absolute atomic E-state index is 0.484. The third kappa shape index (κ3) is 4.43. The molecule has 0 unspecified atom stereocenters. The molecule has 1 heterocycles. The lowest BCUT2D eigenvalue weighted by atomic mass is 9.67. The Morgan fingerprint density at radius 3 is 1.75 bits per heavy atom. The van der Waals surface area contributed by atoms with Gasteiger partial charge in [0, 0.05) is 26.8 Å². The highest BCUT2D eigenvalue weighted by atomic mass is 32.1. The molecule has 0 atom stereocenters. The summed E-state index contributed by atoms with van der Waals surface area (Å²) in [4.78, 5) is 2.50. The van der Waals surface area contributed by atoms with Crippen LogP contribution in [-0.2, 0) is 5.41 Å². The van der Waals surface area contributed by atoms with E-state index in [2.05, 4.69) is 205 Å². The summed E-state index contributed by atoms with van der Waals surface area (Å²) in [5, 5.41) is 7.63. The molecule has 0 N–H and O–H groups in total. The summed E-state index contributed by atoms with van der Waals surface area (Å²) < 4.78 is 2.62. The third-order valence-corrected chi connectivity index (χ3v) is 12.6. The number of thiophene rings is 1. The predicted molar refractivity (Wildman–Crippen MR) is 226 cm³/mol. The summed E-state index contributed by atoms with van der Waals surface area (Å²) in [6.07, 6.45) is 0. The lowest BCUT2D eigenvalue weighted by molar-refractivity contribution is 0.768. The molecule has 0 amide bonds. The van der Waals surface area contributed by atoms with Crippen LogP contribution in [0.5, 0.6) is 0 Å². The summed E-state index contributed by atoms with van der Waals surface area (Å²) in [5.74, 6) is 0. The Hall–Kier alpha value is -6.48. The number of hydrogen-bond acceptors (Lipinski definition) is 2. The van der Waals surface area contributed by atoms with Crippen LogP contribution in [0.4, 0.5) is 17.1 Å². The van der Waals surface area contributed by atoms with E-state index >= 15 is 0 Å². The molecule has 1 aromatic heterocycles. The van der Waals surface area contributed by atoms with Crippen molar-refractivity contribution in [3.8, 4) is 11.1 Å². The van der Waals surface area contributed by atoms with E-state index in [0.29, 0.717) is 0 Å². The fourth-order valence-corrected chi connectivity index (χ4v) is 10.3. The number of benzene rings is 9. The molecule has 0 saturated carbocycles. The van der Waals surface area contributed by atoms with E-state index in [-0.39, 0.29) is 0 Å². The molecule has 248 valence electrons. The molecule has 0 spiro atoms. The van der Waals surface area contributed by atoms with Crippen LogP contribution in [0.25, 0.3) is 52.8 Å². The van der Waals surface area contributed by atoms with E-state index in [1.807, 2.05) is 11.3 Å². The molecule has 53 heavy (non-hydrogen) atoms. The van der Waals surface area contributed by atoms with E-state index < -0.39 is 5.41 Å². The van der Waals surface area contributed by atoms with Gasteiger partial charge in [0.15, 0.2) is 0 Å². The van der Waals surface area contributed by atoms with Crippen molar-refractivity contribution in [2.24, 2.45) is 0 Å². The van der Waals surface area contributed by atoms with Gasteiger partial charge in [-0.2, -0.15) is 0 Å². The fourth-order valence-electron chi connectivity index (χ4n) is 9.00. The number of fused-ring (bicyclic) bond motifs is 9. The van der Waals surface area contributed by atoms with Crippen LogP contribution in [0.2, 0.25) is 0 Å². The van der Waals surface area contributed by atoms with Crippen molar-refractivity contribution >= 4 is 70.1 Å². The first-order valence-corrected chi connectivity index (χ1v) is 19.1. The summed E-state index contributed by atoms with van der Waals surface area (Å²) in [6.45, 7) is 0. The summed E-state index contributed by atoms with van der Waals surface area (Å²) in [5.41, 5.74) is 10.7. The molecule has 11 rings (SSSR count). The van der Waals surface area contributed by atoms with E-state index in [1.165, 1.54) is 80.8 Å². The van der Waals surface area contributed by atoms with Crippen molar-refractivity contribution in [1.29, 1.82) is 0 Å². The first kappa shape index (κ1) is 30.2. The van der Waals surface area contributed by atoms with Crippen LogP contribution >= 0.6 is 11.3 Å². The summed E-state index contributed by atoms with van der Waals surface area (Å²) >= 11 is 1.91. The Bertz CT molecular complexity index is 2970. The third-order valence-electron chi connectivity index (χ3n) is 11.3. The van der Waals surface area contributed by atoms with Gasteiger partial charge in [0.25, 0.3) is 0 Å². The molecule has 0 saturated heterocycles. The smallest absolute Gasteiger partial charge is 0.0714 e. The van der Waals surface area contributed by atoms with Crippen molar-refractivity contribution in [1.82, 2.24) is 0 Å². The maximum absolute atomic E-state index is 2.50.